The summed E-state index contributed by atoms with van der Waals surface area (Å²) in [5.74, 6) is 2.02. The van der Waals surface area contributed by atoms with Gasteiger partial charge >= 0.3 is 0 Å². The highest BCUT2D eigenvalue weighted by atomic mass is 15.2. The molecule has 0 saturated heterocycles. The highest BCUT2D eigenvalue weighted by molar-refractivity contribution is 5.20. The fraction of sp³-hybridized carbons (Fsp3) is 0.750. The van der Waals surface area contributed by atoms with Crippen molar-refractivity contribution in [2.75, 3.05) is 6.54 Å². The minimum atomic E-state index is 0.300. The molecule has 4 heteroatoms. The number of aromatic nitrogens is 3. The molecule has 1 aliphatic carbocycles. The molecule has 0 amide bonds. The summed E-state index contributed by atoms with van der Waals surface area (Å²) in [5, 5.41) is 6.74. The highest BCUT2D eigenvalue weighted by Crippen LogP contribution is 2.62. The molecular formula is C8H14N4. The maximum absolute atomic E-state index is 5.64. The number of H-pyrrole nitrogens is 1. The van der Waals surface area contributed by atoms with E-state index < -0.39 is 0 Å². The van der Waals surface area contributed by atoms with E-state index in [1.165, 1.54) is 0 Å². The van der Waals surface area contributed by atoms with Crippen LogP contribution in [0.15, 0.2) is 6.33 Å². The lowest BCUT2D eigenvalue weighted by Crippen LogP contribution is -2.05. The first kappa shape index (κ1) is 7.73. The normalized spacial score (nSPS) is 31.9. The number of aromatic amines is 1. The summed E-state index contributed by atoms with van der Waals surface area (Å²) >= 11 is 0. The Bertz CT molecular complexity index is 265. The molecule has 2 rings (SSSR count). The minimum Gasteiger partial charge on any atom is -0.330 e. The molecule has 0 spiro atoms. The molecule has 2 atom stereocenters. The van der Waals surface area contributed by atoms with E-state index in [2.05, 4.69) is 29.0 Å². The van der Waals surface area contributed by atoms with Crippen LogP contribution >= 0.6 is 0 Å². The summed E-state index contributed by atoms with van der Waals surface area (Å²) in [6.07, 6.45) is 1.55. The van der Waals surface area contributed by atoms with Gasteiger partial charge in [0.25, 0.3) is 0 Å². The second kappa shape index (κ2) is 2.29. The van der Waals surface area contributed by atoms with E-state index in [0.29, 0.717) is 17.3 Å². The average Bonchev–Trinajstić information content (AvgIpc) is 2.50. The number of nitrogens with zero attached hydrogens (tertiary/aromatic N) is 2. The van der Waals surface area contributed by atoms with Gasteiger partial charge in [-0.2, -0.15) is 5.10 Å². The van der Waals surface area contributed by atoms with Gasteiger partial charge in [-0.3, -0.25) is 5.10 Å². The van der Waals surface area contributed by atoms with Gasteiger partial charge in [0.2, 0.25) is 0 Å². The molecule has 1 heterocycles. The van der Waals surface area contributed by atoms with Gasteiger partial charge in [0.05, 0.1) is 0 Å². The fourth-order valence-electron chi connectivity index (χ4n) is 2.09. The lowest BCUT2D eigenvalue weighted by atomic mass is 10.1. The summed E-state index contributed by atoms with van der Waals surface area (Å²) in [6, 6.07) is 0. The van der Waals surface area contributed by atoms with Crippen LogP contribution in [0.25, 0.3) is 0 Å². The fourth-order valence-corrected chi connectivity index (χ4v) is 2.09. The number of hydrogen-bond donors (Lipinski definition) is 2. The summed E-state index contributed by atoms with van der Waals surface area (Å²) in [6.45, 7) is 5.17. The standard InChI is InChI=1S/C8H14N4/c1-8(2)5(3-9)6(8)7-10-4-11-12-7/h4-6H,3,9H2,1-2H3,(H,10,11,12)/t5-,6+/m1/s1. The Balaban J connectivity index is 2.19. The van der Waals surface area contributed by atoms with Crippen LogP contribution in [0.4, 0.5) is 0 Å². The average molecular weight is 166 g/mol. The highest BCUT2D eigenvalue weighted by Gasteiger charge is 2.58. The van der Waals surface area contributed by atoms with Gasteiger partial charge in [-0.1, -0.05) is 13.8 Å². The second-order valence-corrected chi connectivity index (χ2v) is 4.01. The molecule has 12 heavy (non-hydrogen) atoms. The van der Waals surface area contributed by atoms with Crippen molar-refractivity contribution < 1.29 is 0 Å². The molecule has 1 aromatic heterocycles. The molecule has 0 radical (unpaired) electrons. The summed E-state index contributed by atoms with van der Waals surface area (Å²) in [4.78, 5) is 4.15. The van der Waals surface area contributed by atoms with Crippen LogP contribution in [0.1, 0.15) is 25.6 Å². The van der Waals surface area contributed by atoms with E-state index in [1.807, 2.05) is 0 Å². The molecule has 3 N–H and O–H groups in total. The Morgan fingerprint density at radius 2 is 2.42 bits per heavy atom. The van der Waals surface area contributed by atoms with Crippen molar-refractivity contribution in [3.63, 3.8) is 0 Å². The van der Waals surface area contributed by atoms with Gasteiger partial charge in [-0.15, -0.1) is 0 Å². The van der Waals surface area contributed by atoms with Crippen molar-refractivity contribution in [2.45, 2.75) is 19.8 Å². The third-order valence-electron chi connectivity index (χ3n) is 3.03. The Kier molecular flexibility index (Phi) is 1.48. The number of nitrogens with two attached hydrogens (primary N) is 1. The SMILES string of the molecule is CC1(C)[C@H](CN)[C@H]1c1ncn[nH]1. The van der Waals surface area contributed by atoms with Crippen LogP contribution in [0.5, 0.6) is 0 Å². The first-order valence-electron chi connectivity index (χ1n) is 4.23. The van der Waals surface area contributed by atoms with Crippen LogP contribution in [0.3, 0.4) is 0 Å². The molecular weight excluding hydrogens is 152 g/mol. The first-order valence-corrected chi connectivity index (χ1v) is 4.23. The topological polar surface area (TPSA) is 67.6 Å². The number of hydrogen-bond acceptors (Lipinski definition) is 3. The maximum Gasteiger partial charge on any atom is 0.137 e. The lowest BCUT2D eigenvalue weighted by molar-refractivity contribution is 0.556. The van der Waals surface area contributed by atoms with Gasteiger partial charge < -0.3 is 5.73 Å². The predicted octanol–water partition coefficient (Wildman–Crippen LogP) is 0.503. The van der Waals surface area contributed by atoms with E-state index in [-0.39, 0.29) is 0 Å². The molecule has 4 nitrogen and oxygen atoms in total. The van der Waals surface area contributed by atoms with Crippen LogP contribution in [0.2, 0.25) is 0 Å². The second-order valence-electron chi connectivity index (χ2n) is 4.01. The largest absolute Gasteiger partial charge is 0.330 e. The minimum absolute atomic E-state index is 0.300. The van der Waals surface area contributed by atoms with Gasteiger partial charge in [-0.05, 0) is 17.9 Å². The molecule has 0 unspecified atom stereocenters. The Morgan fingerprint density at radius 3 is 2.83 bits per heavy atom. The van der Waals surface area contributed by atoms with Crippen molar-refractivity contribution in [3.05, 3.63) is 12.2 Å². The van der Waals surface area contributed by atoms with Crippen molar-refractivity contribution in [3.8, 4) is 0 Å². The molecule has 1 saturated carbocycles. The van der Waals surface area contributed by atoms with Crippen LogP contribution in [0, 0.1) is 11.3 Å². The summed E-state index contributed by atoms with van der Waals surface area (Å²) in [7, 11) is 0. The van der Waals surface area contributed by atoms with E-state index in [9.17, 15) is 0 Å². The molecule has 1 aliphatic rings. The molecule has 0 bridgehead atoms. The molecule has 1 fully saturated rings. The van der Waals surface area contributed by atoms with Crippen LogP contribution in [-0.2, 0) is 0 Å². The van der Waals surface area contributed by atoms with Gasteiger partial charge in [0.15, 0.2) is 0 Å². The Morgan fingerprint density at radius 1 is 1.67 bits per heavy atom. The van der Waals surface area contributed by atoms with E-state index >= 15 is 0 Å². The van der Waals surface area contributed by atoms with Crippen molar-refractivity contribution in [1.29, 1.82) is 0 Å². The van der Waals surface area contributed by atoms with Crippen molar-refractivity contribution in [2.24, 2.45) is 17.1 Å². The van der Waals surface area contributed by atoms with Gasteiger partial charge in [0.1, 0.15) is 12.2 Å². The third kappa shape index (κ3) is 0.876. The maximum atomic E-state index is 5.64. The van der Waals surface area contributed by atoms with Crippen molar-refractivity contribution >= 4 is 0 Å². The quantitative estimate of drug-likeness (QED) is 0.672. The Labute approximate surface area is 71.6 Å². The smallest absolute Gasteiger partial charge is 0.137 e. The zero-order valence-corrected chi connectivity index (χ0v) is 7.41. The molecule has 0 aromatic carbocycles. The van der Waals surface area contributed by atoms with E-state index in [0.717, 1.165) is 12.4 Å². The third-order valence-corrected chi connectivity index (χ3v) is 3.03. The molecule has 1 aromatic rings. The van der Waals surface area contributed by atoms with E-state index in [1.54, 1.807) is 6.33 Å². The molecule has 66 valence electrons. The zero-order chi connectivity index (χ0) is 8.77. The lowest BCUT2D eigenvalue weighted by Gasteiger charge is -1.97. The predicted molar refractivity (Wildman–Crippen MR) is 45.4 cm³/mol. The van der Waals surface area contributed by atoms with Gasteiger partial charge in [-0.25, -0.2) is 4.98 Å². The van der Waals surface area contributed by atoms with Gasteiger partial charge in [0, 0.05) is 5.92 Å². The van der Waals surface area contributed by atoms with Crippen molar-refractivity contribution in [1.82, 2.24) is 15.2 Å². The van der Waals surface area contributed by atoms with Crippen LogP contribution < -0.4 is 5.73 Å². The number of rotatable bonds is 2. The Hall–Kier alpha value is -0.900. The molecule has 0 aliphatic heterocycles. The summed E-state index contributed by atoms with van der Waals surface area (Å²) < 4.78 is 0. The first-order chi connectivity index (χ1) is 5.68. The van der Waals surface area contributed by atoms with E-state index in [4.69, 9.17) is 5.73 Å². The van der Waals surface area contributed by atoms with Crippen LogP contribution in [-0.4, -0.2) is 21.7 Å². The number of nitrogens with one attached hydrogen (secondary N) is 1. The zero-order valence-electron chi connectivity index (χ0n) is 7.41. The monoisotopic (exact) mass is 166 g/mol. The summed E-state index contributed by atoms with van der Waals surface area (Å²) in [5.41, 5.74) is 5.94.